The van der Waals surface area contributed by atoms with E-state index < -0.39 is 5.97 Å². The Hall–Kier alpha value is -1.62. The zero-order chi connectivity index (χ0) is 12.6. The van der Waals surface area contributed by atoms with Crippen LogP contribution in [0.15, 0.2) is 6.08 Å². The predicted octanol–water partition coefficient (Wildman–Crippen LogP) is 2.67. The first-order valence-corrected chi connectivity index (χ1v) is 6.24. The van der Waals surface area contributed by atoms with Crippen LogP contribution >= 0.6 is 11.3 Å². The van der Waals surface area contributed by atoms with Gasteiger partial charge in [0.05, 0.1) is 11.4 Å². The normalized spacial score (nSPS) is 11.7. The molecule has 17 heavy (non-hydrogen) atoms. The van der Waals surface area contributed by atoms with E-state index in [1.807, 2.05) is 6.92 Å². The molecule has 0 saturated carbocycles. The van der Waals surface area contributed by atoms with Crippen molar-refractivity contribution in [3.63, 3.8) is 0 Å². The highest BCUT2D eigenvalue weighted by Crippen LogP contribution is 2.26. The molecule has 0 saturated heterocycles. The molecule has 2 heterocycles. The Morgan fingerprint density at radius 2 is 2.24 bits per heavy atom. The third-order valence-corrected chi connectivity index (χ3v) is 3.70. The molecule has 0 aromatic carbocycles. The first-order valence-electron chi connectivity index (χ1n) is 5.43. The van der Waals surface area contributed by atoms with Crippen LogP contribution < -0.4 is 0 Å². The van der Waals surface area contributed by atoms with E-state index in [-0.39, 0.29) is 0 Å². The minimum atomic E-state index is -0.940. The van der Waals surface area contributed by atoms with Gasteiger partial charge >= 0.3 is 5.97 Å². The van der Waals surface area contributed by atoms with Crippen molar-refractivity contribution in [1.29, 1.82) is 0 Å². The topological polar surface area (TPSA) is 54.6 Å². The van der Waals surface area contributed by atoms with Crippen LogP contribution in [0.1, 0.15) is 28.9 Å². The van der Waals surface area contributed by atoms with E-state index >= 15 is 0 Å². The van der Waals surface area contributed by atoms with Gasteiger partial charge in [-0.25, -0.2) is 9.78 Å². The van der Waals surface area contributed by atoms with Gasteiger partial charge in [0.1, 0.15) is 0 Å². The van der Waals surface area contributed by atoms with Gasteiger partial charge in [0.25, 0.3) is 0 Å². The van der Waals surface area contributed by atoms with Gasteiger partial charge in [0, 0.05) is 16.6 Å². The minimum Gasteiger partial charge on any atom is -0.478 e. The number of aryl methyl sites for hydroxylation is 3. The molecule has 4 nitrogen and oxygen atoms in total. The number of rotatable bonds is 3. The average Bonchev–Trinajstić information content (AvgIpc) is 2.69. The van der Waals surface area contributed by atoms with Crippen LogP contribution in [0, 0.1) is 13.8 Å². The van der Waals surface area contributed by atoms with Crippen molar-refractivity contribution in [2.24, 2.45) is 0 Å². The van der Waals surface area contributed by atoms with Gasteiger partial charge in [-0.2, -0.15) is 0 Å². The lowest BCUT2D eigenvalue weighted by atomic mass is 10.2. The molecule has 0 spiro atoms. The number of carbonyl (C=O) groups is 1. The molecule has 5 heteroatoms. The lowest BCUT2D eigenvalue weighted by Gasteiger charge is -2.00. The Morgan fingerprint density at radius 3 is 2.82 bits per heavy atom. The molecule has 1 N–H and O–H groups in total. The zero-order valence-corrected chi connectivity index (χ0v) is 10.8. The summed E-state index contributed by atoms with van der Waals surface area (Å²) < 4.78 is 2.05. The number of carboxylic acids is 1. The Labute approximate surface area is 103 Å². The Bertz CT molecular complexity index is 608. The quantitative estimate of drug-likeness (QED) is 0.852. The van der Waals surface area contributed by atoms with E-state index in [0.29, 0.717) is 0 Å². The number of fused-ring (bicyclic) bond motifs is 1. The Kier molecular flexibility index (Phi) is 3.02. The molecule has 0 fully saturated rings. The molecule has 0 unspecified atom stereocenters. The van der Waals surface area contributed by atoms with Crippen molar-refractivity contribution >= 4 is 28.3 Å². The Morgan fingerprint density at radius 1 is 1.53 bits per heavy atom. The lowest BCUT2D eigenvalue weighted by Crippen LogP contribution is -1.95. The Balaban J connectivity index is 2.67. The second-order valence-corrected chi connectivity index (χ2v) is 5.01. The lowest BCUT2D eigenvalue weighted by molar-refractivity contribution is -0.131. The number of imidazole rings is 1. The number of aromatic nitrogens is 2. The summed E-state index contributed by atoms with van der Waals surface area (Å²) in [6.45, 7) is 6.06. The van der Waals surface area contributed by atoms with Crippen LogP contribution in [0.5, 0.6) is 0 Å². The molecule has 0 radical (unpaired) electrons. The molecule has 0 amide bonds. The standard InChI is InChI=1S/C12H14N2O2S/c1-4-9-8(3)17-12-13-7(2)10(14(9)12)5-6-11(15)16/h5-6H,4H2,1-3H3,(H,15,16)/b6-5+. The molecule has 0 atom stereocenters. The highest BCUT2D eigenvalue weighted by atomic mass is 32.1. The van der Waals surface area contributed by atoms with Crippen LogP contribution in [0.25, 0.3) is 11.0 Å². The fraction of sp³-hybridized carbons (Fsp3) is 0.333. The molecular formula is C12H14N2O2S. The van der Waals surface area contributed by atoms with Crippen LogP contribution in [0.3, 0.4) is 0 Å². The molecule has 2 rings (SSSR count). The minimum absolute atomic E-state index is 0.864. The van der Waals surface area contributed by atoms with Gasteiger partial charge in [-0.3, -0.25) is 4.40 Å². The maximum atomic E-state index is 10.6. The molecule has 2 aromatic rings. The average molecular weight is 250 g/mol. The molecule has 0 bridgehead atoms. The number of nitrogens with zero attached hydrogens (tertiary/aromatic N) is 2. The summed E-state index contributed by atoms with van der Waals surface area (Å²) in [6.07, 6.45) is 3.68. The van der Waals surface area contributed by atoms with Crippen LogP contribution in [0.4, 0.5) is 0 Å². The highest BCUT2D eigenvalue weighted by Gasteiger charge is 2.14. The summed E-state index contributed by atoms with van der Waals surface area (Å²) in [4.78, 5) is 17.2. The fourth-order valence-electron chi connectivity index (χ4n) is 1.95. The van der Waals surface area contributed by atoms with Crippen molar-refractivity contribution < 1.29 is 9.90 Å². The third kappa shape index (κ3) is 1.98. The summed E-state index contributed by atoms with van der Waals surface area (Å²) in [5, 5.41) is 8.69. The number of thiazole rings is 1. The molecular weight excluding hydrogens is 236 g/mol. The summed E-state index contributed by atoms with van der Waals surface area (Å²) in [6, 6.07) is 0. The van der Waals surface area contributed by atoms with Crippen molar-refractivity contribution in [3.8, 4) is 0 Å². The number of hydrogen-bond donors (Lipinski definition) is 1. The summed E-state index contributed by atoms with van der Waals surface area (Å²) in [5.74, 6) is -0.940. The van der Waals surface area contributed by atoms with Gasteiger partial charge in [0.15, 0.2) is 4.96 Å². The van der Waals surface area contributed by atoms with Gasteiger partial charge < -0.3 is 5.11 Å². The highest BCUT2D eigenvalue weighted by molar-refractivity contribution is 7.17. The van der Waals surface area contributed by atoms with Gasteiger partial charge in [-0.1, -0.05) is 6.92 Å². The summed E-state index contributed by atoms with van der Waals surface area (Å²) in [5.41, 5.74) is 2.93. The third-order valence-electron chi connectivity index (χ3n) is 2.71. The molecule has 0 aliphatic rings. The van der Waals surface area contributed by atoms with E-state index in [1.54, 1.807) is 17.4 Å². The van der Waals surface area contributed by atoms with E-state index in [0.717, 1.165) is 28.8 Å². The van der Waals surface area contributed by atoms with Crippen molar-refractivity contribution in [2.45, 2.75) is 27.2 Å². The molecule has 90 valence electrons. The van der Waals surface area contributed by atoms with Crippen molar-refractivity contribution in [2.75, 3.05) is 0 Å². The van der Waals surface area contributed by atoms with E-state index in [2.05, 4.69) is 23.2 Å². The predicted molar refractivity (Wildman–Crippen MR) is 68.6 cm³/mol. The van der Waals surface area contributed by atoms with Crippen molar-refractivity contribution in [3.05, 3.63) is 28.0 Å². The van der Waals surface area contributed by atoms with Gasteiger partial charge in [-0.15, -0.1) is 11.3 Å². The number of carboxylic acid groups (broad SMARTS) is 1. The number of aliphatic carboxylic acids is 1. The zero-order valence-electron chi connectivity index (χ0n) is 10.0. The SMILES string of the molecule is CCc1c(C)sc2nc(C)c(/C=C/C(=O)O)n12. The van der Waals surface area contributed by atoms with Crippen molar-refractivity contribution in [1.82, 2.24) is 9.38 Å². The fourth-order valence-corrected chi connectivity index (χ4v) is 3.06. The molecule has 0 aliphatic heterocycles. The van der Waals surface area contributed by atoms with E-state index in [4.69, 9.17) is 5.11 Å². The van der Waals surface area contributed by atoms with Gasteiger partial charge in [-0.05, 0) is 26.3 Å². The first-order chi connectivity index (χ1) is 8.04. The smallest absolute Gasteiger partial charge is 0.328 e. The monoisotopic (exact) mass is 250 g/mol. The van der Waals surface area contributed by atoms with Crippen LogP contribution in [-0.2, 0) is 11.2 Å². The number of hydrogen-bond acceptors (Lipinski definition) is 3. The molecule has 0 aliphatic carbocycles. The first kappa shape index (κ1) is 11.9. The van der Waals surface area contributed by atoms with Crippen LogP contribution in [-0.4, -0.2) is 20.5 Å². The summed E-state index contributed by atoms with van der Waals surface area (Å²) in [7, 11) is 0. The van der Waals surface area contributed by atoms with E-state index in [9.17, 15) is 4.79 Å². The van der Waals surface area contributed by atoms with E-state index in [1.165, 1.54) is 10.6 Å². The maximum absolute atomic E-state index is 10.6. The second kappa shape index (κ2) is 4.33. The molecule has 2 aromatic heterocycles. The van der Waals surface area contributed by atoms with Crippen LogP contribution in [0.2, 0.25) is 0 Å². The summed E-state index contributed by atoms with van der Waals surface area (Å²) >= 11 is 1.64. The maximum Gasteiger partial charge on any atom is 0.328 e. The van der Waals surface area contributed by atoms with Gasteiger partial charge in [0.2, 0.25) is 0 Å². The second-order valence-electron chi connectivity index (χ2n) is 3.83. The largest absolute Gasteiger partial charge is 0.478 e.